The van der Waals surface area contributed by atoms with Crippen LogP contribution in [-0.2, 0) is 14.9 Å². The molecule has 1 amide bonds. The number of nitrogens with two attached hydrogens (primary N) is 1. The Balaban J connectivity index is 1.62. The highest BCUT2D eigenvalue weighted by Gasteiger charge is 2.47. The first-order valence-electron chi connectivity index (χ1n) is 9.92. The fraction of sp³-hybridized carbons (Fsp3) is 0.435. The minimum atomic E-state index is -0.468. The van der Waals surface area contributed by atoms with Gasteiger partial charge in [0.05, 0.1) is 5.41 Å². The van der Waals surface area contributed by atoms with Gasteiger partial charge in [0.15, 0.2) is 0 Å². The lowest BCUT2D eigenvalue weighted by atomic mass is 9.73. The van der Waals surface area contributed by atoms with Crippen LogP contribution in [-0.4, -0.2) is 43.7 Å². The smallest absolute Gasteiger partial charge is 0.233 e. The topological polar surface area (TPSA) is 55.6 Å². The van der Waals surface area contributed by atoms with E-state index in [0.29, 0.717) is 31.6 Å². The van der Waals surface area contributed by atoms with Gasteiger partial charge in [-0.25, -0.2) is 0 Å². The minimum absolute atomic E-state index is 0.244. The zero-order valence-electron chi connectivity index (χ0n) is 15.7. The zero-order valence-corrected chi connectivity index (χ0v) is 15.7. The minimum Gasteiger partial charge on any atom is -0.381 e. The fourth-order valence-electron chi connectivity index (χ4n) is 4.76. The lowest BCUT2D eigenvalue weighted by molar-refractivity contribution is -0.140. The number of amides is 1. The van der Waals surface area contributed by atoms with E-state index < -0.39 is 5.41 Å². The van der Waals surface area contributed by atoms with Crippen LogP contribution in [0.25, 0.3) is 0 Å². The molecule has 4 rings (SSSR count). The van der Waals surface area contributed by atoms with Crippen LogP contribution in [0.1, 0.15) is 29.9 Å². The summed E-state index contributed by atoms with van der Waals surface area (Å²) in [5.74, 6) is 0.866. The monoisotopic (exact) mass is 364 g/mol. The molecule has 2 aliphatic rings. The van der Waals surface area contributed by atoms with Gasteiger partial charge in [0.25, 0.3) is 0 Å². The van der Waals surface area contributed by atoms with Crippen molar-refractivity contribution in [2.24, 2.45) is 11.7 Å². The van der Waals surface area contributed by atoms with Gasteiger partial charge >= 0.3 is 0 Å². The third kappa shape index (κ3) is 3.40. The van der Waals surface area contributed by atoms with E-state index in [2.05, 4.69) is 41.3 Å². The SMILES string of the molecule is NC[C@@H]1CN(C(=O)C2(c3ccccc3)CCOCC2)C[C@H]1c1ccccc1. The van der Waals surface area contributed by atoms with E-state index in [0.717, 1.165) is 31.5 Å². The van der Waals surface area contributed by atoms with Gasteiger partial charge in [0, 0.05) is 32.2 Å². The largest absolute Gasteiger partial charge is 0.381 e. The molecular weight excluding hydrogens is 336 g/mol. The maximum absolute atomic E-state index is 13.8. The third-order valence-electron chi connectivity index (χ3n) is 6.34. The highest BCUT2D eigenvalue weighted by Crippen LogP contribution is 2.40. The summed E-state index contributed by atoms with van der Waals surface area (Å²) in [5, 5.41) is 0. The average Bonchev–Trinajstić information content (AvgIpc) is 3.19. The van der Waals surface area contributed by atoms with Gasteiger partial charge in [-0.1, -0.05) is 60.7 Å². The van der Waals surface area contributed by atoms with Crippen LogP contribution < -0.4 is 5.73 Å². The molecule has 27 heavy (non-hydrogen) atoms. The number of benzene rings is 2. The van der Waals surface area contributed by atoms with Crippen LogP contribution in [0.15, 0.2) is 60.7 Å². The summed E-state index contributed by atoms with van der Waals surface area (Å²) >= 11 is 0. The summed E-state index contributed by atoms with van der Waals surface area (Å²) in [6.45, 7) is 3.36. The summed E-state index contributed by atoms with van der Waals surface area (Å²) in [5.41, 5.74) is 8.02. The standard InChI is InChI=1S/C23H28N2O2/c24-15-19-16-25(17-21(19)18-7-3-1-4-8-18)22(26)23(11-13-27-14-12-23)20-9-5-2-6-10-20/h1-10,19,21H,11-17,24H2/t19-,21+/m1/s1. The molecule has 2 saturated heterocycles. The van der Waals surface area contributed by atoms with Crippen molar-refractivity contribution in [2.45, 2.75) is 24.2 Å². The van der Waals surface area contributed by atoms with Gasteiger partial charge in [0.1, 0.15) is 0 Å². The zero-order chi connectivity index (χ0) is 18.7. The fourth-order valence-corrected chi connectivity index (χ4v) is 4.76. The van der Waals surface area contributed by atoms with Crippen molar-refractivity contribution in [1.29, 1.82) is 0 Å². The molecule has 0 unspecified atom stereocenters. The van der Waals surface area contributed by atoms with Crippen LogP contribution in [0.5, 0.6) is 0 Å². The maximum atomic E-state index is 13.8. The Hall–Kier alpha value is -2.17. The molecule has 142 valence electrons. The van der Waals surface area contributed by atoms with Crippen LogP contribution in [0, 0.1) is 5.92 Å². The Morgan fingerprint density at radius 1 is 1.00 bits per heavy atom. The van der Waals surface area contributed by atoms with E-state index in [1.54, 1.807) is 0 Å². The first kappa shape index (κ1) is 18.2. The van der Waals surface area contributed by atoms with E-state index in [-0.39, 0.29) is 5.91 Å². The number of carbonyl (C=O) groups is 1. The molecule has 2 heterocycles. The Morgan fingerprint density at radius 2 is 1.63 bits per heavy atom. The van der Waals surface area contributed by atoms with Crippen molar-refractivity contribution in [3.63, 3.8) is 0 Å². The van der Waals surface area contributed by atoms with Gasteiger partial charge in [0.2, 0.25) is 5.91 Å². The van der Waals surface area contributed by atoms with E-state index in [1.165, 1.54) is 5.56 Å². The molecule has 4 heteroatoms. The number of ether oxygens (including phenoxy) is 1. The first-order valence-corrected chi connectivity index (χ1v) is 9.92. The van der Waals surface area contributed by atoms with E-state index in [1.807, 2.05) is 24.3 Å². The number of rotatable bonds is 4. The van der Waals surface area contributed by atoms with Gasteiger partial charge in [-0.15, -0.1) is 0 Å². The summed E-state index contributed by atoms with van der Waals surface area (Å²) in [6.07, 6.45) is 1.49. The normalized spacial score (nSPS) is 24.7. The van der Waals surface area contributed by atoms with Gasteiger partial charge in [-0.2, -0.15) is 0 Å². The Bertz CT molecular complexity index is 756. The lowest BCUT2D eigenvalue weighted by Gasteiger charge is -2.39. The number of likely N-dealkylation sites (tertiary alicyclic amines) is 1. The molecule has 2 atom stereocenters. The molecule has 2 aliphatic heterocycles. The molecule has 2 aromatic rings. The Morgan fingerprint density at radius 3 is 2.26 bits per heavy atom. The number of hydrogen-bond acceptors (Lipinski definition) is 3. The number of carbonyl (C=O) groups excluding carboxylic acids is 1. The predicted octanol–water partition coefficient (Wildman–Crippen LogP) is 2.94. The lowest BCUT2D eigenvalue weighted by Crippen LogP contribution is -2.49. The summed E-state index contributed by atoms with van der Waals surface area (Å²) in [7, 11) is 0. The van der Waals surface area contributed by atoms with Crippen LogP contribution in [0.3, 0.4) is 0 Å². The van der Waals surface area contributed by atoms with Crippen molar-refractivity contribution >= 4 is 5.91 Å². The van der Waals surface area contributed by atoms with E-state index in [9.17, 15) is 4.79 Å². The molecule has 2 fully saturated rings. The quantitative estimate of drug-likeness (QED) is 0.907. The van der Waals surface area contributed by atoms with Crippen molar-refractivity contribution < 1.29 is 9.53 Å². The third-order valence-corrected chi connectivity index (χ3v) is 6.34. The summed E-state index contributed by atoms with van der Waals surface area (Å²) in [4.78, 5) is 15.9. The molecule has 0 bridgehead atoms. The molecule has 0 radical (unpaired) electrons. The summed E-state index contributed by atoms with van der Waals surface area (Å²) < 4.78 is 5.60. The molecular formula is C23H28N2O2. The second-order valence-corrected chi connectivity index (χ2v) is 7.78. The number of hydrogen-bond donors (Lipinski definition) is 1. The van der Waals surface area contributed by atoms with Gasteiger partial charge in [-0.3, -0.25) is 4.79 Å². The maximum Gasteiger partial charge on any atom is 0.233 e. The van der Waals surface area contributed by atoms with Crippen LogP contribution in [0.2, 0.25) is 0 Å². The second kappa shape index (κ2) is 7.83. The molecule has 0 aromatic heterocycles. The Labute approximate surface area is 161 Å². The summed E-state index contributed by atoms with van der Waals surface area (Å²) in [6, 6.07) is 20.7. The predicted molar refractivity (Wildman–Crippen MR) is 106 cm³/mol. The van der Waals surface area contributed by atoms with Gasteiger partial charge in [-0.05, 0) is 36.4 Å². The van der Waals surface area contributed by atoms with Crippen LogP contribution >= 0.6 is 0 Å². The highest BCUT2D eigenvalue weighted by atomic mass is 16.5. The Kier molecular flexibility index (Phi) is 5.28. The molecule has 2 N–H and O–H groups in total. The average molecular weight is 364 g/mol. The van der Waals surface area contributed by atoms with Crippen molar-refractivity contribution in [1.82, 2.24) is 4.90 Å². The van der Waals surface area contributed by atoms with Crippen molar-refractivity contribution in [2.75, 3.05) is 32.8 Å². The van der Waals surface area contributed by atoms with E-state index >= 15 is 0 Å². The molecule has 2 aromatic carbocycles. The molecule has 4 nitrogen and oxygen atoms in total. The molecule has 0 aliphatic carbocycles. The first-order chi connectivity index (χ1) is 13.2. The second-order valence-electron chi connectivity index (χ2n) is 7.78. The van der Waals surface area contributed by atoms with Crippen molar-refractivity contribution in [3.05, 3.63) is 71.8 Å². The molecule has 0 spiro atoms. The van der Waals surface area contributed by atoms with Gasteiger partial charge < -0.3 is 15.4 Å². The van der Waals surface area contributed by atoms with Crippen molar-refractivity contribution in [3.8, 4) is 0 Å². The molecule has 0 saturated carbocycles. The van der Waals surface area contributed by atoms with E-state index in [4.69, 9.17) is 10.5 Å². The number of nitrogens with zero attached hydrogens (tertiary/aromatic N) is 1. The highest BCUT2D eigenvalue weighted by molar-refractivity contribution is 5.89. The van der Waals surface area contributed by atoms with Crippen LogP contribution in [0.4, 0.5) is 0 Å².